The van der Waals surface area contributed by atoms with Gasteiger partial charge >= 0.3 is 0 Å². The highest BCUT2D eigenvalue weighted by Gasteiger charge is 2.52. The maximum Gasteiger partial charge on any atom is 0.257 e. The Labute approximate surface area is 198 Å². The van der Waals surface area contributed by atoms with E-state index >= 15 is 0 Å². The average Bonchev–Trinajstić information content (AvgIpc) is 3.38. The fraction of sp³-hybridized carbons (Fsp3) is 0.385. The molecule has 5 rings (SSSR count). The number of anilines is 1. The van der Waals surface area contributed by atoms with Crippen LogP contribution in [0.5, 0.6) is 0 Å². The molecule has 34 heavy (non-hydrogen) atoms. The van der Waals surface area contributed by atoms with Crippen molar-refractivity contribution < 1.29 is 14.4 Å². The van der Waals surface area contributed by atoms with E-state index in [1.54, 1.807) is 21.9 Å². The first kappa shape index (κ1) is 22.1. The van der Waals surface area contributed by atoms with Gasteiger partial charge in [0, 0.05) is 19.4 Å². The molecule has 8 heteroatoms. The molecule has 1 aromatic heterocycles. The van der Waals surface area contributed by atoms with Crippen LogP contribution in [0, 0.1) is 5.92 Å². The fourth-order valence-corrected chi connectivity index (χ4v) is 5.17. The van der Waals surface area contributed by atoms with Gasteiger partial charge in [-0.15, -0.1) is 0 Å². The zero-order valence-electron chi connectivity index (χ0n) is 19.7. The molecule has 2 N–H and O–H groups in total. The van der Waals surface area contributed by atoms with Crippen molar-refractivity contribution in [2.24, 2.45) is 5.92 Å². The average molecular weight is 460 g/mol. The summed E-state index contributed by atoms with van der Waals surface area (Å²) in [7, 11) is 0. The number of carbonyl (C=O) groups excluding carboxylic acids is 3. The van der Waals surface area contributed by atoms with Crippen molar-refractivity contribution in [3.8, 4) is 0 Å². The van der Waals surface area contributed by atoms with Gasteiger partial charge in [-0.2, -0.15) is 0 Å². The highest BCUT2D eigenvalue weighted by atomic mass is 16.2. The summed E-state index contributed by atoms with van der Waals surface area (Å²) >= 11 is 0. The maximum absolute atomic E-state index is 13.4. The van der Waals surface area contributed by atoms with E-state index in [-0.39, 0.29) is 42.6 Å². The molecule has 0 spiro atoms. The van der Waals surface area contributed by atoms with Crippen molar-refractivity contribution in [2.75, 3.05) is 11.4 Å². The zero-order chi connectivity index (χ0) is 24.0. The van der Waals surface area contributed by atoms with Crippen molar-refractivity contribution in [3.63, 3.8) is 0 Å². The van der Waals surface area contributed by atoms with Crippen molar-refractivity contribution in [2.45, 2.75) is 51.7 Å². The third kappa shape index (κ3) is 3.54. The molecule has 2 aliphatic rings. The zero-order valence-corrected chi connectivity index (χ0v) is 19.7. The summed E-state index contributed by atoms with van der Waals surface area (Å²) in [4.78, 5) is 50.5. The highest BCUT2D eigenvalue weighted by molar-refractivity contribution is 6.10. The van der Waals surface area contributed by atoms with Gasteiger partial charge in [0.1, 0.15) is 11.5 Å². The van der Waals surface area contributed by atoms with E-state index in [0.29, 0.717) is 29.9 Å². The Kier molecular flexibility index (Phi) is 5.38. The molecular formula is C26H29N5O3. The van der Waals surface area contributed by atoms with E-state index in [2.05, 4.69) is 15.3 Å². The van der Waals surface area contributed by atoms with Gasteiger partial charge in [0.05, 0.1) is 28.3 Å². The van der Waals surface area contributed by atoms with Gasteiger partial charge < -0.3 is 15.2 Å². The van der Waals surface area contributed by atoms with E-state index < -0.39 is 5.66 Å². The number of para-hydroxylation sites is 3. The molecule has 2 aliphatic heterocycles. The molecular weight excluding hydrogens is 430 g/mol. The van der Waals surface area contributed by atoms with Gasteiger partial charge in [0.15, 0.2) is 0 Å². The molecule has 0 unspecified atom stereocenters. The number of carbonyl (C=O) groups is 3. The minimum Gasteiger partial charge on any atom is -0.346 e. The Morgan fingerprint density at radius 3 is 2.65 bits per heavy atom. The molecule has 0 radical (unpaired) electrons. The van der Waals surface area contributed by atoms with Gasteiger partial charge in [0.2, 0.25) is 11.8 Å². The van der Waals surface area contributed by atoms with E-state index in [1.165, 1.54) is 0 Å². The Bertz CT molecular complexity index is 1250. The van der Waals surface area contributed by atoms with Crippen molar-refractivity contribution in [1.82, 2.24) is 20.2 Å². The fourth-order valence-electron chi connectivity index (χ4n) is 5.17. The summed E-state index contributed by atoms with van der Waals surface area (Å²) in [5, 5.41) is 3.10. The molecule has 0 aliphatic carbocycles. The molecule has 176 valence electrons. The second kappa shape index (κ2) is 8.27. The van der Waals surface area contributed by atoms with Crippen LogP contribution in [0.4, 0.5) is 5.69 Å². The molecule has 1 saturated heterocycles. The van der Waals surface area contributed by atoms with Crippen LogP contribution < -0.4 is 10.2 Å². The first-order valence-corrected chi connectivity index (χ1v) is 11.8. The van der Waals surface area contributed by atoms with Crippen LogP contribution in [-0.2, 0) is 9.59 Å². The number of imidazole rings is 1. The van der Waals surface area contributed by atoms with Crippen LogP contribution in [-0.4, -0.2) is 44.8 Å². The van der Waals surface area contributed by atoms with Gasteiger partial charge in [-0.3, -0.25) is 19.3 Å². The molecule has 0 saturated carbocycles. The summed E-state index contributed by atoms with van der Waals surface area (Å²) in [5.74, 6) is 0.530. The molecule has 0 bridgehead atoms. The first-order valence-electron chi connectivity index (χ1n) is 11.8. The second-order valence-electron chi connectivity index (χ2n) is 9.60. The predicted octanol–water partition coefficient (Wildman–Crippen LogP) is 3.77. The predicted molar refractivity (Wildman–Crippen MR) is 129 cm³/mol. The summed E-state index contributed by atoms with van der Waals surface area (Å²) in [6.45, 7) is 6.21. The number of hydrogen-bond acceptors (Lipinski definition) is 4. The number of aromatic nitrogens is 2. The minimum absolute atomic E-state index is 0.00154. The number of nitrogens with one attached hydrogen (secondary N) is 2. The Morgan fingerprint density at radius 2 is 1.88 bits per heavy atom. The van der Waals surface area contributed by atoms with E-state index in [9.17, 15) is 14.4 Å². The van der Waals surface area contributed by atoms with Crippen LogP contribution in [0.3, 0.4) is 0 Å². The molecule has 3 heterocycles. The third-order valence-electron chi connectivity index (χ3n) is 6.99. The van der Waals surface area contributed by atoms with Crippen LogP contribution in [0.25, 0.3) is 11.0 Å². The second-order valence-corrected chi connectivity index (χ2v) is 9.60. The monoisotopic (exact) mass is 459 g/mol. The number of nitrogens with zero attached hydrogens (tertiary/aromatic N) is 3. The van der Waals surface area contributed by atoms with Crippen molar-refractivity contribution in [3.05, 3.63) is 59.9 Å². The summed E-state index contributed by atoms with van der Waals surface area (Å²) in [6, 6.07) is 14.7. The van der Waals surface area contributed by atoms with Crippen molar-refractivity contribution >= 4 is 34.4 Å². The lowest BCUT2D eigenvalue weighted by atomic mass is 9.98. The van der Waals surface area contributed by atoms with Crippen LogP contribution in [0.15, 0.2) is 48.5 Å². The van der Waals surface area contributed by atoms with E-state index in [4.69, 9.17) is 0 Å². The first-order chi connectivity index (χ1) is 16.3. The normalized spacial score (nSPS) is 20.6. The van der Waals surface area contributed by atoms with Gasteiger partial charge in [0.25, 0.3) is 5.91 Å². The molecule has 2 atom stereocenters. The number of aromatic amines is 1. The molecule has 3 aromatic rings. The van der Waals surface area contributed by atoms with Crippen LogP contribution >= 0.6 is 0 Å². The van der Waals surface area contributed by atoms with Gasteiger partial charge in [-0.05, 0) is 43.5 Å². The number of benzene rings is 2. The molecule has 3 amide bonds. The number of amides is 3. The summed E-state index contributed by atoms with van der Waals surface area (Å²) < 4.78 is 0. The lowest BCUT2D eigenvalue weighted by molar-refractivity contribution is -0.122. The largest absolute Gasteiger partial charge is 0.346 e. The lowest BCUT2D eigenvalue weighted by Crippen LogP contribution is -2.62. The van der Waals surface area contributed by atoms with Gasteiger partial charge in [-0.25, -0.2) is 4.98 Å². The Morgan fingerprint density at radius 1 is 1.15 bits per heavy atom. The lowest BCUT2D eigenvalue weighted by Gasteiger charge is -2.48. The number of fused-ring (bicyclic) bond motifs is 4. The van der Waals surface area contributed by atoms with Crippen LogP contribution in [0.1, 0.15) is 62.3 Å². The molecule has 8 nitrogen and oxygen atoms in total. The number of rotatable bonds is 6. The number of H-pyrrole nitrogens is 1. The Balaban J connectivity index is 1.34. The number of hydrogen-bond donors (Lipinski definition) is 2. The molecule has 1 fully saturated rings. The highest BCUT2D eigenvalue weighted by Crippen LogP contribution is 2.44. The topological polar surface area (TPSA) is 98.4 Å². The van der Waals surface area contributed by atoms with E-state index in [0.717, 1.165) is 11.0 Å². The maximum atomic E-state index is 13.4. The SMILES string of the molecule is CC(C)[C@@H](NC(=O)CCN1C(=O)c2ccccc2N2C(=O)CC[C@]12C)c1nc2ccccc2[nH]1. The van der Waals surface area contributed by atoms with E-state index in [1.807, 2.05) is 57.2 Å². The minimum atomic E-state index is -0.765. The third-order valence-corrected chi connectivity index (χ3v) is 6.99. The summed E-state index contributed by atoms with van der Waals surface area (Å²) in [5.41, 5.74) is 2.17. The van der Waals surface area contributed by atoms with Crippen molar-refractivity contribution in [1.29, 1.82) is 0 Å². The Hall–Kier alpha value is -3.68. The van der Waals surface area contributed by atoms with Gasteiger partial charge in [-0.1, -0.05) is 38.1 Å². The standard InChI is InChI=1S/C26H29N5O3/c1-16(2)23(24-27-18-9-5-6-10-19(18)28-24)29-21(32)13-15-30-25(34)17-8-4-7-11-20(17)31-22(33)12-14-26(30,31)3/h4-11,16,23H,12-15H2,1-3H3,(H,27,28)(H,29,32)/t23-,26-/m1/s1. The van der Waals surface area contributed by atoms with Crippen LogP contribution in [0.2, 0.25) is 0 Å². The smallest absolute Gasteiger partial charge is 0.257 e. The summed E-state index contributed by atoms with van der Waals surface area (Å²) in [6.07, 6.45) is 1.05. The molecule has 2 aromatic carbocycles. The quantitative estimate of drug-likeness (QED) is 0.586.